The summed E-state index contributed by atoms with van der Waals surface area (Å²) >= 11 is 7.47. The normalized spacial score (nSPS) is 13.4. The van der Waals surface area contributed by atoms with E-state index >= 15 is 0 Å². The molecule has 1 amide bonds. The summed E-state index contributed by atoms with van der Waals surface area (Å²) < 4.78 is 1.71. The largest absolute Gasteiger partial charge is 0.336 e. The monoisotopic (exact) mass is 558 g/mol. The zero-order valence-electron chi connectivity index (χ0n) is 22.3. The van der Waals surface area contributed by atoms with E-state index in [1.807, 2.05) is 78.7 Å². The van der Waals surface area contributed by atoms with Gasteiger partial charge in [-0.15, -0.1) is 11.3 Å². The molecule has 39 heavy (non-hydrogen) atoms. The van der Waals surface area contributed by atoms with Crippen LogP contribution in [-0.2, 0) is 6.42 Å². The van der Waals surface area contributed by atoms with Crippen molar-refractivity contribution in [1.82, 2.24) is 19.8 Å². The van der Waals surface area contributed by atoms with Gasteiger partial charge in [-0.2, -0.15) is 0 Å². The molecule has 1 aliphatic rings. The number of carbonyl (C=O) groups is 1. The minimum atomic E-state index is -0.197. The molecule has 5 rings (SSSR count). The van der Waals surface area contributed by atoms with Gasteiger partial charge in [0.15, 0.2) is 0 Å². The molecule has 0 radical (unpaired) electrons. The number of thiazole rings is 1. The van der Waals surface area contributed by atoms with Gasteiger partial charge in [-0.3, -0.25) is 14.2 Å². The number of nitrogens with zero attached hydrogens (tertiary/aromatic N) is 3. The first-order valence-electron chi connectivity index (χ1n) is 13.1. The molecule has 6 nitrogen and oxygen atoms in total. The highest BCUT2D eigenvalue weighted by molar-refractivity contribution is 7.13. The Morgan fingerprint density at radius 3 is 2.51 bits per heavy atom. The van der Waals surface area contributed by atoms with Gasteiger partial charge in [0.2, 0.25) is 0 Å². The summed E-state index contributed by atoms with van der Waals surface area (Å²) in [6, 6.07) is 17.1. The molecule has 3 heterocycles. The van der Waals surface area contributed by atoms with E-state index in [4.69, 9.17) is 16.6 Å². The number of amides is 1. The Morgan fingerprint density at radius 2 is 1.82 bits per heavy atom. The van der Waals surface area contributed by atoms with Crippen molar-refractivity contribution in [3.63, 3.8) is 0 Å². The Morgan fingerprint density at radius 1 is 1.10 bits per heavy atom. The Kier molecular flexibility index (Phi) is 8.12. The molecule has 1 aliphatic heterocycles. The highest BCUT2D eigenvalue weighted by atomic mass is 35.5. The van der Waals surface area contributed by atoms with E-state index in [1.54, 1.807) is 10.6 Å². The second-order valence-corrected chi connectivity index (χ2v) is 11.1. The van der Waals surface area contributed by atoms with Gasteiger partial charge in [-0.05, 0) is 56.2 Å². The fourth-order valence-corrected chi connectivity index (χ4v) is 5.79. The van der Waals surface area contributed by atoms with Gasteiger partial charge < -0.3 is 10.2 Å². The molecular formula is C31H31ClN4O2S. The number of nitrogens with one attached hydrogen (secondary N) is 1. The lowest BCUT2D eigenvalue weighted by Crippen LogP contribution is -2.47. The summed E-state index contributed by atoms with van der Waals surface area (Å²) in [7, 11) is 0. The van der Waals surface area contributed by atoms with Crippen molar-refractivity contribution in [2.45, 2.75) is 27.2 Å². The number of hydrogen-bond donors (Lipinski definition) is 1. The molecule has 4 aromatic rings. The van der Waals surface area contributed by atoms with Gasteiger partial charge in [0, 0.05) is 42.1 Å². The highest BCUT2D eigenvalue weighted by Crippen LogP contribution is 2.31. The molecule has 1 saturated heterocycles. The predicted molar refractivity (Wildman–Crippen MR) is 161 cm³/mol. The number of para-hydroxylation sites is 1. The van der Waals surface area contributed by atoms with Crippen molar-refractivity contribution in [2.24, 2.45) is 0 Å². The summed E-state index contributed by atoms with van der Waals surface area (Å²) in [6.07, 6.45) is 2.69. The maximum absolute atomic E-state index is 14.3. The topological polar surface area (TPSA) is 67.2 Å². The maximum atomic E-state index is 14.3. The third-order valence-corrected chi connectivity index (χ3v) is 7.91. The minimum Gasteiger partial charge on any atom is -0.336 e. The Hall–Kier alpha value is -3.52. The molecule has 200 valence electrons. The van der Waals surface area contributed by atoms with Crippen molar-refractivity contribution >= 4 is 34.9 Å². The molecule has 8 heteroatoms. The molecule has 1 fully saturated rings. The van der Waals surface area contributed by atoms with Crippen molar-refractivity contribution < 1.29 is 4.79 Å². The average Bonchev–Trinajstić information content (AvgIpc) is 3.44. The lowest BCUT2D eigenvalue weighted by atomic mass is 10.0. The van der Waals surface area contributed by atoms with Crippen LogP contribution in [0.5, 0.6) is 0 Å². The molecule has 1 N–H and O–H groups in total. The first kappa shape index (κ1) is 27.1. The number of carbonyl (C=O) groups excluding carboxylic acids is 1. The van der Waals surface area contributed by atoms with Gasteiger partial charge in [0.05, 0.1) is 28.2 Å². The number of rotatable bonds is 6. The summed E-state index contributed by atoms with van der Waals surface area (Å²) in [5, 5.41) is 6.47. The third kappa shape index (κ3) is 5.62. The van der Waals surface area contributed by atoms with Gasteiger partial charge in [0.25, 0.3) is 11.5 Å². The zero-order valence-corrected chi connectivity index (χ0v) is 23.9. The van der Waals surface area contributed by atoms with Crippen molar-refractivity contribution in [3.8, 4) is 27.5 Å². The van der Waals surface area contributed by atoms with Crippen molar-refractivity contribution in [2.75, 3.05) is 26.2 Å². The van der Waals surface area contributed by atoms with Gasteiger partial charge >= 0.3 is 0 Å². The first-order valence-corrected chi connectivity index (χ1v) is 14.4. The minimum absolute atomic E-state index is 0.0811. The molecule has 2 aromatic heterocycles. The average molecular weight is 559 g/mol. The number of allylic oxidation sites excluding steroid dienone is 1. The number of aromatic nitrogens is 2. The summed E-state index contributed by atoms with van der Waals surface area (Å²) in [6.45, 7) is 8.74. The van der Waals surface area contributed by atoms with E-state index in [9.17, 15) is 9.59 Å². The fourth-order valence-electron chi connectivity index (χ4n) is 4.83. The van der Waals surface area contributed by atoms with Gasteiger partial charge in [0.1, 0.15) is 5.01 Å². The first-order chi connectivity index (χ1) is 18.9. The summed E-state index contributed by atoms with van der Waals surface area (Å²) in [4.78, 5) is 35.0. The Labute approximate surface area is 237 Å². The van der Waals surface area contributed by atoms with E-state index in [1.165, 1.54) is 11.3 Å². The zero-order chi connectivity index (χ0) is 27.5. The molecule has 0 atom stereocenters. The lowest BCUT2D eigenvalue weighted by Gasteiger charge is -2.29. The SMILES string of the molecule is CCc1ccccc1-n1c(C=C(C)C)c(C(=O)N2CCNCC2)cc(-c2nc(-c3ccc(Cl)cc3)cs2)c1=O. The molecule has 0 bridgehead atoms. The van der Waals surface area contributed by atoms with Crippen LogP contribution in [0.1, 0.15) is 42.4 Å². The van der Waals surface area contributed by atoms with Crippen LogP contribution in [0.3, 0.4) is 0 Å². The smallest absolute Gasteiger partial charge is 0.265 e. The number of piperazine rings is 1. The maximum Gasteiger partial charge on any atom is 0.265 e. The standard InChI is InChI=1S/C31H31ClN4O2S/c1-4-21-7-5-6-8-27(21)36-28(17-20(2)3)24(30(37)35-15-13-33-14-16-35)18-25(31(36)38)29-34-26(19-39-29)22-9-11-23(32)12-10-22/h5-12,17-19,33H,4,13-16H2,1-3H3. The third-order valence-electron chi connectivity index (χ3n) is 6.79. The van der Waals surface area contributed by atoms with Gasteiger partial charge in [-0.1, -0.05) is 54.4 Å². The second kappa shape index (κ2) is 11.7. The number of benzene rings is 2. The van der Waals surface area contributed by atoms with Crippen LogP contribution >= 0.6 is 22.9 Å². The molecule has 0 aliphatic carbocycles. The highest BCUT2D eigenvalue weighted by Gasteiger charge is 2.26. The van der Waals surface area contributed by atoms with Crippen LogP contribution in [0.4, 0.5) is 0 Å². The Balaban J connectivity index is 1.77. The number of halogens is 1. The summed E-state index contributed by atoms with van der Waals surface area (Å²) in [5.41, 5.74) is 5.80. The summed E-state index contributed by atoms with van der Waals surface area (Å²) in [5.74, 6) is -0.0811. The van der Waals surface area contributed by atoms with Crippen LogP contribution in [0.15, 0.2) is 70.3 Å². The van der Waals surface area contributed by atoms with E-state index in [0.29, 0.717) is 39.9 Å². The van der Waals surface area contributed by atoms with Crippen LogP contribution in [0.2, 0.25) is 5.02 Å². The van der Waals surface area contributed by atoms with E-state index in [0.717, 1.165) is 47.6 Å². The second-order valence-electron chi connectivity index (χ2n) is 9.79. The van der Waals surface area contributed by atoms with Crippen molar-refractivity contribution in [1.29, 1.82) is 0 Å². The molecular weight excluding hydrogens is 528 g/mol. The molecule has 2 aromatic carbocycles. The quantitative estimate of drug-likeness (QED) is 0.301. The van der Waals surface area contributed by atoms with E-state index in [-0.39, 0.29) is 11.5 Å². The predicted octanol–water partition coefficient (Wildman–Crippen LogP) is 6.31. The van der Waals surface area contributed by atoms with Crippen LogP contribution in [0.25, 0.3) is 33.6 Å². The molecule has 0 unspecified atom stereocenters. The van der Waals surface area contributed by atoms with Crippen molar-refractivity contribution in [3.05, 3.63) is 97.7 Å². The molecule has 0 spiro atoms. The van der Waals surface area contributed by atoms with E-state index in [2.05, 4.69) is 12.2 Å². The fraction of sp³-hybridized carbons (Fsp3) is 0.258. The Bertz CT molecular complexity index is 1590. The number of pyridine rings is 1. The van der Waals surface area contributed by atoms with Crippen LogP contribution in [0, 0.1) is 0 Å². The van der Waals surface area contributed by atoms with Gasteiger partial charge in [-0.25, -0.2) is 4.98 Å². The lowest BCUT2D eigenvalue weighted by molar-refractivity contribution is 0.0735. The van der Waals surface area contributed by atoms with E-state index < -0.39 is 0 Å². The molecule has 0 saturated carbocycles. The number of hydrogen-bond acceptors (Lipinski definition) is 5. The van der Waals surface area contributed by atoms with Crippen LogP contribution in [-0.4, -0.2) is 46.5 Å². The van der Waals surface area contributed by atoms with Crippen LogP contribution < -0.4 is 10.9 Å². The number of aryl methyl sites for hydroxylation is 1.